The molecule has 0 aromatic carbocycles. The van der Waals surface area contributed by atoms with E-state index in [1.54, 1.807) is 0 Å². The number of piperidine rings is 1. The lowest BCUT2D eigenvalue weighted by molar-refractivity contribution is -0.164. The van der Waals surface area contributed by atoms with Crippen molar-refractivity contribution in [2.45, 2.75) is 65.1 Å². The number of fused-ring (bicyclic) bond motifs is 2. The summed E-state index contributed by atoms with van der Waals surface area (Å²) in [6.07, 6.45) is 5.76. The van der Waals surface area contributed by atoms with Gasteiger partial charge in [-0.3, -0.25) is 0 Å². The van der Waals surface area contributed by atoms with Crippen LogP contribution in [0.4, 0.5) is 0 Å². The molecule has 21 heavy (non-hydrogen) atoms. The summed E-state index contributed by atoms with van der Waals surface area (Å²) >= 11 is 0. The Hall–Kier alpha value is -0.610. The first-order valence-electron chi connectivity index (χ1n) is 8.45. The Morgan fingerprint density at radius 1 is 1.19 bits per heavy atom. The first kappa shape index (κ1) is 15.3. The first-order valence-corrected chi connectivity index (χ1v) is 8.45. The van der Waals surface area contributed by atoms with E-state index in [1.165, 1.54) is 12.8 Å². The number of hydrogen-bond donors (Lipinski definition) is 1. The molecular formula is C17H29NO3. The van der Waals surface area contributed by atoms with Gasteiger partial charge in [-0.15, -0.1) is 0 Å². The summed E-state index contributed by atoms with van der Waals surface area (Å²) < 4.78 is 11.5. The zero-order chi connectivity index (χ0) is 15.1. The maximum atomic E-state index is 12.1. The SMILES string of the molecule is CC1(C)C2CCC1(C)C(OC(=O)COC1CCNCC1)C2. The van der Waals surface area contributed by atoms with Crippen LogP contribution in [0.1, 0.15) is 52.9 Å². The summed E-state index contributed by atoms with van der Waals surface area (Å²) in [4.78, 5) is 12.1. The summed E-state index contributed by atoms with van der Waals surface area (Å²) in [5.74, 6) is 0.522. The molecule has 0 radical (unpaired) electrons. The number of esters is 1. The van der Waals surface area contributed by atoms with Crippen LogP contribution >= 0.6 is 0 Å². The van der Waals surface area contributed by atoms with Crippen molar-refractivity contribution in [1.29, 1.82) is 0 Å². The van der Waals surface area contributed by atoms with Crippen LogP contribution in [0.3, 0.4) is 0 Å². The van der Waals surface area contributed by atoms with Crippen LogP contribution < -0.4 is 5.32 Å². The van der Waals surface area contributed by atoms with E-state index in [2.05, 4.69) is 26.1 Å². The van der Waals surface area contributed by atoms with Crippen molar-refractivity contribution in [3.63, 3.8) is 0 Å². The van der Waals surface area contributed by atoms with Gasteiger partial charge in [0.05, 0.1) is 6.10 Å². The van der Waals surface area contributed by atoms with Crippen LogP contribution in [0.25, 0.3) is 0 Å². The molecule has 3 rings (SSSR count). The fraction of sp³-hybridized carbons (Fsp3) is 0.941. The van der Waals surface area contributed by atoms with Crippen molar-refractivity contribution in [1.82, 2.24) is 5.32 Å². The van der Waals surface area contributed by atoms with Crippen LogP contribution in [0.2, 0.25) is 0 Å². The predicted octanol–water partition coefficient (Wildman–Crippen LogP) is 2.51. The largest absolute Gasteiger partial charge is 0.460 e. The number of ether oxygens (including phenoxy) is 2. The minimum absolute atomic E-state index is 0.0790. The zero-order valence-electron chi connectivity index (χ0n) is 13.6. The normalized spacial score (nSPS) is 38.6. The van der Waals surface area contributed by atoms with Crippen molar-refractivity contribution >= 4 is 5.97 Å². The molecule has 0 spiro atoms. The minimum atomic E-state index is -0.178. The molecule has 3 unspecified atom stereocenters. The lowest BCUT2D eigenvalue weighted by Crippen LogP contribution is -2.39. The Bertz CT molecular complexity index is 403. The van der Waals surface area contributed by atoms with E-state index in [0.29, 0.717) is 5.92 Å². The molecule has 1 saturated heterocycles. The second-order valence-electron chi connectivity index (χ2n) is 7.85. The number of hydrogen-bond acceptors (Lipinski definition) is 4. The molecule has 3 fully saturated rings. The van der Waals surface area contributed by atoms with Gasteiger partial charge in [0.25, 0.3) is 0 Å². The van der Waals surface area contributed by atoms with Crippen LogP contribution in [-0.2, 0) is 14.3 Å². The molecule has 2 saturated carbocycles. The zero-order valence-corrected chi connectivity index (χ0v) is 13.6. The molecule has 4 nitrogen and oxygen atoms in total. The summed E-state index contributed by atoms with van der Waals surface area (Å²) in [5.41, 5.74) is 0.427. The highest BCUT2D eigenvalue weighted by Crippen LogP contribution is 2.66. The molecule has 3 aliphatic rings. The van der Waals surface area contributed by atoms with E-state index in [0.717, 1.165) is 32.4 Å². The molecule has 1 aliphatic heterocycles. The summed E-state index contributed by atoms with van der Waals surface area (Å²) in [6, 6.07) is 0. The second-order valence-corrected chi connectivity index (χ2v) is 7.85. The Kier molecular flexibility index (Phi) is 4.04. The van der Waals surface area contributed by atoms with Crippen molar-refractivity contribution in [2.24, 2.45) is 16.7 Å². The molecule has 2 aliphatic carbocycles. The van der Waals surface area contributed by atoms with Gasteiger partial charge < -0.3 is 14.8 Å². The fourth-order valence-corrected chi connectivity index (χ4v) is 4.65. The smallest absolute Gasteiger partial charge is 0.332 e. The lowest BCUT2D eigenvalue weighted by Gasteiger charge is -2.38. The highest BCUT2D eigenvalue weighted by Gasteiger charge is 2.62. The van der Waals surface area contributed by atoms with Crippen LogP contribution in [-0.4, -0.2) is 37.9 Å². The van der Waals surface area contributed by atoms with Crippen molar-refractivity contribution < 1.29 is 14.3 Å². The molecular weight excluding hydrogens is 266 g/mol. The van der Waals surface area contributed by atoms with E-state index in [9.17, 15) is 4.79 Å². The van der Waals surface area contributed by atoms with Gasteiger partial charge in [-0.2, -0.15) is 0 Å². The maximum Gasteiger partial charge on any atom is 0.332 e. The average molecular weight is 295 g/mol. The summed E-state index contributed by atoms with van der Waals surface area (Å²) in [5, 5.41) is 3.30. The number of carbonyl (C=O) groups is 1. The van der Waals surface area contributed by atoms with Crippen molar-refractivity contribution in [2.75, 3.05) is 19.7 Å². The van der Waals surface area contributed by atoms with Gasteiger partial charge >= 0.3 is 5.97 Å². The Morgan fingerprint density at radius 3 is 2.48 bits per heavy atom. The molecule has 3 atom stereocenters. The van der Waals surface area contributed by atoms with E-state index < -0.39 is 0 Å². The average Bonchev–Trinajstić information content (AvgIpc) is 2.79. The lowest BCUT2D eigenvalue weighted by atomic mass is 9.70. The third-order valence-electron chi connectivity index (χ3n) is 6.71. The number of rotatable bonds is 4. The Balaban J connectivity index is 1.49. The molecule has 120 valence electrons. The Morgan fingerprint density at radius 2 is 1.90 bits per heavy atom. The standard InChI is InChI=1S/C17H29NO3/c1-16(2)12-4-7-17(16,3)14(10-12)21-15(19)11-20-13-5-8-18-9-6-13/h12-14,18H,4-11H2,1-3H3. The molecule has 1 N–H and O–H groups in total. The number of nitrogens with one attached hydrogen (secondary N) is 1. The van der Waals surface area contributed by atoms with Gasteiger partial charge in [0.1, 0.15) is 12.7 Å². The van der Waals surface area contributed by atoms with Gasteiger partial charge in [0, 0.05) is 5.41 Å². The molecule has 1 heterocycles. The molecule has 0 aromatic heterocycles. The first-order chi connectivity index (χ1) is 9.93. The minimum Gasteiger partial charge on any atom is -0.460 e. The quantitative estimate of drug-likeness (QED) is 0.810. The van der Waals surface area contributed by atoms with Crippen LogP contribution in [0, 0.1) is 16.7 Å². The molecule has 4 heteroatoms. The summed E-state index contributed by atoms with van der Waals surface area (Å²) in [6.45, 7) is 9.05. The highest BCUT2D eigenvalue weighted by atomic mass is 16.6. The third-order valence-corrected chi connectivity index (χ3v) is 6.71. The van der Waals surface area contributed by atoms with E-state index in [-0.39, 0.29) is 35.6 Å². The van der Waals surface area contributed by atoms with Crippen LogP contribution in [0.5, 0.6) is 0 Å². The van der Waals surface area contributed by atoms with Crippen LogP contribution in [0.15, 0.2) is 0 Å². The predicted molar refractivity (Wildman–Crippen MR) is 81.0 cm³/mol. The van der Waals surface area contributed by atoms with Gasteiger partial charge in [-0.1, -0.05) is 20.8 Å². The van der Waals surface area contributed by atoms with E-state index in [1.807, 2.05) is 0 Å². The van der Waals surface area contributed by atoms with Gasteiger partial charge in [0.15, 0.2) is 0 Å². The Labute approximate surface area is 127 Å². The second kappa shape index (κ2) is 5.54. The monoisotopic (exact) mass is 295 g/mol. The molecule has 0 aromatic rings. The van der Waals surface area contributed by atoms with E-state index >= 15 is 0 Å². The molecule has 0 amide bonds. The fourth-order valence-electron chi connectivity index (χ4n) is 4.65. The van der Waals surface area contributed by atoms with Gasteiger partial charge in [0.2, 0.25) is 0 Å². The van der Waals surface area contributed by atoms with Crippen molar-refractivity contribution in [3.8, 4) is 0 Å². The van der Waals surface area contributed by atoms with Gasteiger partial charge in [-0.05, 0) is 56.5 Å². The number of carbonyl (C=O) groups excluding carboxylic acids is 1. The maximum absolute atomic E-state index is 12.1. The highest BCUT2D eigenvalue weighted by molar-refractivity contribution is 5.71. The summed E-state index contributed by atoms with van der Waals surface area (Å²) in [7, 11) is 0. The third kappa shape index (κ3) is 2.61. The topological polar surface area (TPSA) is 47.6 Å². The van der Waals surface area contributed by atoms with Crippen molar-refractivity contribution in [3.05, 3.63) is 0 Å². The van der Waals surface area contributed by atoms with E-state index in [4.69, 9.17) is 9.47 Å². The van der Waals surface area contributed by atoms with Gasteiger partial charge in [-0.25, -0.2) is 4.79 Å². The molecule has 2 bridgehead atoms.